The van der Waals surface area contributed by atoms with Crippen LogP contribution < -0.4 is 16.4 Å². The molecule has 3 rings (SSSR count). The molecule has 1 saturated heterocycles. The van der Waals surface area contributed by atoms with E-state index >= 15 is 0 Å². The molecule has 3 fully saturated rings. The minimum atomic E-state index is -0.475. The number of nitrogens with one attached hydrogen (secondary N) is 2. The Bertz CT molecular complexity index is 437. The summed E-state index contributed by atoms with van der Waals surface area (Å²) in [4.78, 5) is 12.1. The molecule has 2 aliphatic carbocycles. The van der Waals surface area contributed by atoms with Crippen LogP contribution in [-0.4, -0.2) is 48.6 Å². The molecule has 132 valence electrons. The number of rotatable bonds is 3. The minimum absolute atomic E-state index is 0.0898. The maximum absolute atomic E-state index is 12.1. The number of carbonyl (C=O) groups excluding carboxylic acids is 1. The summed E-state index contributed by atoms with van der Waals surface area (Å²) >= 11 is 0. The third kappa shape index (κ3) is 3.98. The van der Waals surface area contributed by atoms with Crippen LogP contribution in [0.1, 0.15) is 52.9 Å². The second kappa shape index (κ2) is 6.57. The van der Waals surface area contributed by atoms with Gasteiger partial charge in [-0.1, -0.05) is 0 Å². The molecule has 6 atom stereocenters. The highest BCUT2D eigenvalue weighted by molar-refractivity contribution is 5.68. The molecule has 6 heteroatoms. The summed E-state index contributed by atoms with van der Waals surface area (Å²) in [5.41, 5.74) is 5.54. The van der Waals surface area contributed by atoms with E-state index in [1.165, 1.54) is 0 Å². The normalized spacial score (nSPS) is 40.2. The Hall–Kier alpha value is -0.850. The largest absolute Gasteiger partial charge is 0.444 e. The smallest absolute Gasteiger partial charge is 0.407 e. The highest BCUT2D eigenvalue weighted by Gasteiger charge is 2.53. The van der Waals surface area contributed by atoms with Crippen molar-refractivity contribution < 1.29 is 14.3 Å². The number of carbonyl (C=O) groups is 1. The van der Waals surface area contributed by atoms with Crippen molar-refractivity contribution >= 4 is 6.09 Å². The molecular weight excluding hydrogens is 294 g/mol. The average Bonchev–Trinajstić information content (AvgIpc) is 2.86. The molecule has 1 aliphatic heterocycles. The molecule has 23 heavy (non-hydrogen) atoms. The van der Waals surface area contributed by atoms with Gasteiger partial charge in [-0.3, -0.25) is 0 Å². The molecular formula is C17H31N3O3. The maximum atomic E-state index is 12.1. The quantitative estimate of drug-likeness (QED) is 0.732. The lowest BCUT2D eigenvalue weighted by molar-refractivity contribution is -0.130. The highest BCUT2D eigenvalue weighted by Crippen LogP contribution is 2.39. The van der Waals surface area contributed by atoms with Crippen molar-refractivity contribution in [2.45, 2.75) is 88.7 Å². The predicted octanol–water partition coefficient (Wildman–Crippen LogP) is 1.53. The first-order chi connectivity index (χ1) is 10.8. The van der Waals surface area contributed by atoms with E-state index in [-0.39, 0.29) is 24.3 Å². The van der Waals surface area contributed by atoms with E-state index < -0.39 is 5.60 Å². The van der Waals surface area contributed by atoms with Crippen molar-refractivity contribution in [3.63, 3.8) is 0 Å². The van der Waals surface area contributed by atoms with Crippen molar-refractivity contribution in [2.24, 2.45) is 11.7 Å². The zero-order valence-corrected chi connectivity index (χ0v) is 14.5. The van der Waals surface area contributed by atoms with Gasteiger partial charge in [0.2, 0.25) is 0 Å². The molecule has 2 saturated carbocycles. The van der Waals surface area contributed by atoms with E-state index in [0.717, 1.165) is 38.7 Å². The molecule has 0 aromatic carbocycles. The number of nitrogens with two attached hydrogens (primary N) is 1. The molecule has 0 aromatic rings. The maximum Gasteiger partial charge on any atom is 0.407 e. The summed E-state index contributed by atoms with van der Waals surface area (Å²) in [6.07, 6.45) is 5.23. The van der Waals surface area contributed by atoms with Crippen molar-refractivity contribution in [1.82, 2.24) is 10.6 Å². The topological polar surface area (TPSA) is 85.6 Å². The van der Waals surface area contributed by atoms with Gasteiger partial charge in [-0.25, -0.2) is 4.79 Å². The Kier molecular flexibility index (Phi) is 4.85. The molecule has 0 aromatic heterocycles. The standard InChI is InChI=1S/C17H31N3O3/c1-17(2,3)23-16(21)20-13-12-5-4-8-22-15(12)14(13)19-11-7-6-10(18)9-11/h10-15,19H,4-9,18H2,1-3H3,(H,20,21). The van der Waals surface area contributed by atoms with Crippen molar-refractivity contribution in [2.75, 3.05) is 6.61 Å². The van der Waals surface area contributed by atoms with Crippen LogP contribution in [0.25, 0.3) is 0 Å². The number of amides is 1. The lowest BCUT2D eigenvalue weighted by Crippen LogP contribution is -2.74. The van der Waals surface area contributed by atoms with Gasteiger partial charge in [0.25, 0.3) is 0 Å². The van der Waals surface area contributed by atoms with Crippen LogP contribution in [0.3, 0.4) is 0 Å². The van der Waals surface area contributed by atoms with Gasteiger partial charge in [0.1, 0.15) is 5.60 Å². The van der Waals surface area contributed by atoms with Gasteiger partial charge in [-0.15, -0.1) is 0 Å². The van der Waals surface area contributed by atoms with E-state index in [9.17, 15) is 4.79 Å². The van der Waals surface area contributed by atoms with Crippen LogP contribution in [0.4, 0.5) is 4.79 Å². The fraction of sp³-hybridized carbons (Fsp3) is 0.941. The number of ether oxygens (including phenoxy) is 2. The van der Waals surface area contributed by atoms with Crippen LogP contribution in [0.15, 0.2) is 0 Å². The van der Waals surface area contributed by atoms with Gasteiger partial charge in [-0.2, -0.15) is 0 Å². The number of hydrogen-bond donors (Lipinski definition) is 3. The molecule has 6 nitrogen and oxygen atoms in total. The number of hydrogen-bond acceptors (Lipinski definition) is 5. The molecule has 0 bridgehead atoms. The summed E-state index contributed by atoms with van der Waals surface area (Å²) in [7, 11) is 0. The Morgan fingerprint density at radius 3 is 2.65 bits per heavy atom. The summed E-state index contributed by atoms with van der Waals surface area (Å²) in [5.74, 6) is 0.392. The summed E-state index contributed by atoms with van der Waals surface area (Å²) in [5, 5.41) is 6.76. The second-order valence-corrected chi connectivity index (χ2v) is 8.28. The molecule has 1 heterocycles. The van der Waals surface area contributed by atoms with Crippen LogP contribution in [0.5, 0.6) is 0 Å². The van der Waals surface area contributed by atoms with Crippen LogP contribution in [0, 0.1) is 5.92 Å². The number of alkyl carbamates (subject to hydrolysis) is 1. The SMILES string of the molecule is CC(C)(C)OC(=O)NC1C2CCCOC2C1NC1CCC(N)C1. The average molecular weight is 325 g/mol. The van der Waals surface area contributed by atoms with Crippen LogP contribution >= 0.6 is 0 Å². The highest BCUT2D eigenvalue weighted by atomic mass is 16.6. The Labute approximate surface area is 138 Å². The fourth-order valence-electron chi connectivity index (χ4n) is 4.18. The van der Waals surface area contributed by atoms with Gasteiger partial charge < -0.3 is 25.8 Å². The Balaban J connectivity index is 1.59. The lowest BCUT2D eigenvalue weighted by Gasteiger charge is -2.54. The molecule has 4 N–H and O–H groups in total. The zero-order chi connectivity index (χ0) is 16.6. The summed E-state index contributed by atoms with van der Waals surface area (Å²) < 4.78 is 11.4. The third-order valence-corrected chi connectivity index (χ3v) is 5.20. The zero-order valence-electron chi connectivity index (χ0n) is 14.5. The van der Waals surface area contributed by atoms with Gasteiger partial charge in [0.15, 0.2) is 0 Å². The van der Waals surface area contributed by atoms with E-state index in [1.54, 1.807) is 0 Å². The minimum Gasteiger partial charge on any atom is -0.444 e. The van der Waals surface area contributed by atoms with E-state index in [1.807, 2.05) is 20.8 Å². The molecule has 1 amide bonds. The van der Waals surface area contributed by atoms with E-state index in [4.69, 9.17) is 15.2 Å². The first kappa shape index (κ1) is 17.0. The van der Waals surface area contributed by atoms with Crippen molar-refractivity contribution in [3.05, 3.63) is 0 Å². The van der Waals surface area contributed by atoms with Crippen LogP contribution in [0.2, 0.25) is 0 Å². The molecule has 6 unspecified atom stereocenters. The predicted molar refractivity (Wildman–Crippen MR) is 88.2 cm³/mol. The number of fused-ring (bicyclic) bond motifs is 1. The van der Waals surface area contributed by atoms with Gasteiger partial charge in [-0.05, 0) is 52.9 Å². The lowest BCUT2D eigenvalue weighted by atomic mass is 9.68. The van der Waals surface area contributed by atoms with Gasteiger partial charge in [0, 0.05) is 24.6 Å². The first-order valence-corrected chi connectivity index (χ1v) is 8.96. The van der Waals surface area contributed by atoms with E-state index in [0.29, 0.717) is 18.0 Å². The second-order valence-electron chi connectivity index (χ2n) is 8.28. The summed E-state index contributed by atoms with van der Waals surface area (Å²) in [6.45, 7) is 6.48. The fourth-order valence-corrected chi connectivity index (χ4v) is 4.18. The Morgan fingerprint density at radius 2 is 2.00 bits per heavy atom. The summed E-state index contributed by atoms with van der Waals surface area (Å²) in [6, 6.07) is 0.993. The molecule has 3 aliphatic rings. The monoisotopic (exact) mass is 325 g/mol. The van der Waals surface area contributed by atoms with Crippen molar-refractivity contribution in [1.29, 1.82) is 0 Å². The molecule has 0 radical (unpaired) electrons. The Morgan fingerprint density at radius 1 is 1.22 bits per heavy atom. The van der Waals surface area contributed by atoms with Gasteiger partial charge >= 0.3 is 6.09 Å². The van der Waals surface area contributed by atoms with Crippen LogP contribution in [-0.2, 0) is 9.47 Å². The van der Waals surface area contributed by atoms with Gasteiger partial charge in [0.05, 0.1) is 18.2 Å². The molecule has 0 spiro atoms. The third-order valence-electron chi connectivity index (χ3n) is 5.20. The van der Waals surface area contributed by atoms with E-state index in [2.05, 4.69) is 10.6 Å². The van der Waals surface area contributed by atoms with Crippen molar-refractivity contribution in [3.8, 4) is 0 Å². The first-order valence-electron chi connectivity index (χ1n) is 8.96.